The van der Waals surface area contributed by atoms with Gasteiger partial charge in [0.1, 0.15) is 0 Å². The standard InChI is InChI=1S/C19H24O/c20-16(19-17-14-6-7-15(10-14)18(17)19)9-11-4-5-12-2-1-3-13(12)8-11/h4-5,8,14-20H,1-3,6-7,9-10H2. The summed E-state index contributed by atoms with van der Waals surface area (Å²) >= 11 is 0. The zero-order valence-electron chi connectivity index (χ0n) is 12.1. The Hall–Kier alpha value is -0.820. The van der Waals surface area contributed by atoms with Crippen molar-refractivity contribution in [2.45, 2.75) is 51.0 Å². The van der Waals surface area contributed by atoms with Gasteiger partial charge >= 0.3 is 0 Å². The molecule has 0 aliphatic heterocycles. The molecule has 0 aromatic heterocycles. The largest absolute Gasteiger partial charge is 0.392 e. The molecule has 0 saturated heterocycles. The monoisotopic (exact) mass is 268 g/mol. The van der Waals surface area contributed by atoms with E-state index in [9.17, 15) is 5.11 Å². The van der Waals surface area contributed by atoms with Crippen molar-refractivity contribution < 1.29 is 5.11 Å². The van der Waals surface area contributed by atoms with Gasteiger partial charge in [-0.1, -0.05) is 18.2 Å². The molecule has 4 aliphatic rings. The highest BCUT2D eigenvalue weighted by molar-refractivity contribution is 5.35. The van der Waals surface area contributed by atoms with Crippen molar-refractivity contribution in [2.75, 3.05) is 0 Å². The maximum absolute atomic E-state index is 10.7. The van der Waals surface area contributed by atoms with Gasteiger partial charge in [-0.2, -0.15) is 0 Å². The lowest BCUT2D eigenvalue weighted by Gasteiger charge is -2.16. The minimum absolute atomic E-state index is 0.0761. The van der Waals surface area contributed by atoms with Crippen LogP contribution in [0.5, 0.6) is 0 Å². The molecule has 5 atom stereocenters. The number of hydrogen-bond donors (Lipinski definition) is 1. The number of rotatable bonds is 3. The van der Waals surface area contributed by atoms with E-state index in [2.05, 4.69) is 18.2 Å². The molecule has 0 heterocycles. The second kappa shape index (κ2) is 4.10. The van der Waals surface area contributed by atoms with Crippen molar-refractivity contribution in [3.63, 3.8) is 0 Å². The third-order valence-electron chi connectivity index (χ3n) is 6.85. The third kappa shape index (κ3) is 1.59. The maximum atomic E-state index is 10.7. The van der Waals surface area contributed by atoms with Crippen LogP contribution in [0.15, 0.2) is 18.2 Å². The molecule has 4 aliphatic carbocycles. The Morgan fingerprint density at radius 3 is 2.60 bits per heavy atom. The second-order valence-corrected chi connectivity index (χ2v) is 7.79. The van der Waals surface area contributed by atoms with Crippen LogP contribution in [0, 0.1) is 29.6 Å². The minimum atomic E-state index is -0.0761. The fourth-order valence-electron chi connectivity index (χ4n) is 6.04. The molecule has 0 amide bonds. The van der Waals surface area contributed by atoms with Gasteiger partial charge in [0, 0.05) is 0 Å². The van der Waals surface area contributed by atoms with Crippen LogP contribution in [0.2, 0.25) is 0 Å². The number of aryl methyl sites for hydroxylation is 2. The minimum Gasteiger partial charge on any atom is -0.392 e. The lowest BCUT2D eigenvalue weighted by Crippen LogP contribution is -2.18. The molecule has 1 aromatic rings. The van der Waals surface area contributed by atoms with Gasteiger partial charge in [-0.3, -0.25) is 0 Å². The average molecular weight is 268 g/mol. The zero-order valence-corrected chi connectivity index (χ0v) is 12.1. The highest BCUT2D eigenvalue weighted by atomic mass is 16.3. The number of benzene rings is 1. The van der Waals surface area contributed by atoms with Crippen LogP contribution in [-0.2, 0) is 19.3 Å². The fraction of sp³-hybridized carbons (Fsp3) is 0.684. The summed E-state index contributed by atoms with van der Waals surface area (Å²) < 4.78 is 0. The molecule has 1 aromatic carbocycles. The van der Waals surface area contributed by atoms with Crippen LogP contribution in [0.1, 0.15) is 42.4 Å². The first-order valence-electron chi connectivity index (χ1n) is 8.60. The molecule has 3 fully saturated rings. The Morgan fingerprint density at radius 2 is 1.80 bits per heavy atom. The predicted octanol–water partition coefficient (Wildman–Crippen LogP) is 3.37. The zero-order chi connectivity index (χ0) is 13.3. The van der Waals surface area contributed by atoms with Crippen LogP contribution in [0.25, 0.3) is 0 Å². The SMILES string of the molecule is OC(Cc1ccc2c(c1)CCC2)C1C2C3CCC(C3)C12. The number of hydrogen-bond acceptors (Lipinski definition) is 1. The summed E-state index contributed by atoms with van der Waals surface area (Å²) in [5, 5.41) is 10.7. The smallest absolute Gasteiger partial charge is 0.0614 e. The first-order valence-corrected chi connectivity index (χ1v) is 8.60. The van der Waals surface area contributed by atoms with Gasteiger partial charge < -0.3 is 5.11 Å². The van der Waals surface area contributed by atoms with Crippen molar-refractivity contribution in [3.05, 3.63) is 34.9 Å². The highest BCUT2D eigenvalue weighted by Crippen LogP contribution is 2.70. The molecule has 0 radical (unpaired) electrons. The average Bonchev–Trinajstić information content (AvgIpc) is 2.83. The van der Waals surface area contributed by atoms with E-state index in [0.717, 1.165) is 30.1 Å². The molecule has 3 saturated carbocycles. The molecule has 1 heteroatoms. The number of fused-ring (bicyclic) bond motifs is 6. The Morgan fingerprint density at radius 1 is 1.05 bits per heavy atom. The van der Waals surface area contributed by atoms with Gasteiger partial charge in [0.15, 0.2) is 0 Å². The molecular weight excluding hydrogens is 244 g/mol. The van der Waals surface area contributed by atoms with E-state index in [1.807, 2.05) is 0 Å². The first kappa shape index (κ1) is 11.8. The first-order chi connectivity index (χ1) is 9.81. The molecule has 0 spiro atoms. The van der Waals surface area contributed by atoms with Gasteiger partial charge in [-0.05, 0) is 91.2 Å². The maximum Gasteiger partial charge on any atom is 0.0614 e. The Labute approximate surface area is 121 Å². The summed E-state index contributed by atoms with van der Waals surface area (Å²) in [6, 6.07) is 6.94. The Bertz CT molecular complexity index is 533. The van der Waals surface area contributed by atoms with Gasteiger partial charge in [0.05, 0.1) is 6.10 Å². The summed E-state index contributed by atoms with van der Waals surface area (Å²) in [5.41, 5.74) is 4.46. The summed E-state index contributed by atoms with van der Waals surface area (Å²) in [6.07, 6.45) is 9.03. The Balaban J connectivity index is 1.31. The highest BCUT2D eigenvalue weighted by Gasteiger charge is 2.66. The summed E-state index contributed by atoms with van der Waals surface area (Å²) in [6.45, 7) is 0. The number of aliphatic hydroxyl groups excluding tert-OH is 1. The fourth-order valence-corrected chi connectivity index (χ4v) is 6.04. The Kier molecular flexibility index (Phi) is 2.42. The molecule has 20 heavy (non-hydrogen) atoms. The van der Waals surface area contributed by atoms with Gasteiger partial charge in [0.2, 0.25) is 0 Å². The molecular formula is C19H24O. The van der Waals surface area contributed by atoms with Crippen molar-refractivity contribution in [3.8, 4) is 0 Å². The predicted molar refractivity (Wildman–Crippen MR) is 79.5 cm³/mol. The lowest BCUT2D eigenvalue weighted by molar-refractivity contribution is 0.128. The summed E-state index contributed by atoms with van der Waals surface area (Å²) in [4.78, 5) is 0. The van der Waals surface area contributed by atoms with Crippen LogP contribution < -0.4 is 0 Å². The molecule has 1 N–H and O–H groups in total. The summed E-state index contributed by atoms with van der Waals surface area (Å²) in [7, 11) is 0. The van der Waals surface area contributed by atoms with Crippen LogP contribution in [0.4, 0.5) is 0 Å². The van der Waals surface area contributed by atoms with Crippen molar-refractivity contribution in [1.82, 2.24) is 0 Å². The van der Waals surface area contributed by atoms with Crippen molar-refractivity contribution in [2.24, 2.45) is 29.6 Å². The topological polar surface area (TPSA) is 20.2 Å². The van der Waals surface area contributed by atoms with Crippen molar-refractivity contribution in [1.29, 1.82) is 0 Å². The van der Waals surface area contributed by atoms with E-state index in [1.54, 1.807) is 11.1 Å². The molecule has 2 bridgehead atoms. The van der Waals surface area contributed by atoms with Crippen LogP contribution >= 0.6 is 0 Å². The van der Waals surface area contributed by atoms with E-state index in [1.165, 1.54) is 44.1 Å². The second-order valence-electron chi connectivity index (χ2n) is 7.79. The summed E-state index contributed by atoms with van der Waals surface area (Å²) in [5.74, 6) is 4.40. The van der Waals surface area contributed by atoms with E-state index < -0.39 is 0 Å². The van der Waals surface area contributed by atoms with Gasteiger partial charge in [-0.25, -0.2) is 0 Å². The van der Waals surface area contributed by atoms with E-state index in [0.29, 0.717) is 5.92 Å². The van der Waals surface area contributed by atoms with Gasteiger partial charge in [0.25, 0.3) is 0 Å². The van der Waals surface area contributed by atoms with Crippen LogP contribution in [-0.4, -0.2) is 11.2 Å². The third-order valence-corrected chi connectivity index (χ3v) is 6.85. The number of aliphatic hydroxyl groups is 1. The van der Waals surface area contributed by atoms with E-state index in [-0.39, 0.29) is 6.10 Å². The normalized spacial score (nSPS) is 41.5. The van der Waals surface area contributed by atoms with E-state index in [4.69, 9.17) is 0 Å². The van der Waals surface area contributed by atoms with Crippen molar-refractivity contribution >= 4 is 0 Å². The van der Waals surface area contributed by atoms with E-state index >= 15 is 0 Å². The molecule has 5 unspecified atom stereocenters. The molecule has 106 valence electrons. The molecule has 1 nitrogen and oxygen atoms in total. The van der Waals surface area contributed by atoms with Crippen LogP contribution in [0.3, 0.4) is 0 Å². The van der Waals surface area contributed by atoms with Gasteiger partial charge in [-0.15, -0.1) is 0 Å². The lowest BCUT2D eigenvalue weighted by atomic mass is 9.94. The molecule has 5 rings (SSSR count). The quantitative estimate of drug-likeness (QED) is 0.891.